The number of cyclic esters (lactones) is 1. The molecule has 2 N–H and O–H groups in total. The molecular weight excluding hydrogens is 476 g/mol. The van der Waals surface area contributed by atoms with Gasteiger partial charge in [-0.05, 0) is 61.4 Å². The lowest BCUT2D eigenvalue weighted by Gasteiger charge is -2.21. The highest BCUT2D eigenvalue weighted by Gasteiger charge is 2.33. The molecule has 37 heavy (non-hydrogen) atoms. The SMILES string of the molecule is COc1ccc2nccc(CC[C@H](CC[C@H]3CN(c4ccc5c(c4)OCCO5)C(=O)O3)CC(N)=O)c2n1. The number of amides is 2. The number of benzene rings is 1. The van der Waals surface area contributed by atoms with Gasteiger partial charge >= 0.3 is 6.09 Å². The third kappa shape index (κ3) is 5.68. The first-order valence-electron chi connectivity index (χ1n) is 12.4. The van der Waals surface area contributed by atoms with Crippen molar-refractivity contribution in [2.24, 2.45) is 11.7 Å². The topological polar surface area (TPSA) is 126 Å². The number of primary amides is 1. The van der Waals surface area contributed by atoms with E-state index in [1.165, 1.54) is 0 Å². The predicted octanol–water partition coefficient (Wildman–Crippen LogP) is 3.64. The number of hydrogen-bond donors (Lipinski definition) is 1. The number of fused-ring (bicyclic) bond motifs is 2. The number of methoxy groups -OCH3 is 1. The van der Waals surface area contributed by atoms with Gasteiger partial charge in [0.2, 0.25) is 11.8 Å². The average Bonchev–Trinajstić information content (AvgIpc) is 3.29. The van der Waals surface area contributed by atoms with Gasteiger partial charge in [-0.1, -0.05) is 0 Å². The Morgan fingerprint density at radius 1 is 1.16 bits per heavy atom. The number of carbonyl (C=O) groups is 2. The molecule has 0 unspecified atom stereocenters. The summed E-state index contributed by atoms with van der Waals surface area (Å²) >= 11 is 0. The highest BCUT2D eigenvalue weighted by atomic mass is 16.6. The molecule has 2 aliphatic heterocycles. The van der Waals surface area contributed by atoms with Crippen molar-refractivity contribution >= 4 is 28.7 Å². The summed E-state index contributed by atoms with van der Waals surface area (Å²) in [6, 6.07) is 11.0. The number of aryl methyl sites for hydroxylation is 1. The van der Waals surface area contributed by atoms with E-state index in [2.05, 4.69) is 9.97 Å². The first kappa shape index (κ1) is 24.6. The van der Waals surface area contributed by atoms with Crippen LogP contribution in [-0.4, -0.2) is 54.9 Å². The van der Waals surface area contributed by atoms with Crippen LogP contribution in [0.15, 0.2) is 42.6 Å². The van der Waals surface area contributed by atoms with E-state index in [9.17, 15) is 9.59 Å². The molecule has 1 fully saturated rings. The fraction of sp³-hybridized carbons (Fsp3) is 0.407. The highest BCUT2D eigenvalue weighted by Crippen LogP contribution is 2.36. The van der Waals surface area contributed by atoms with Gasteiger partial charge in [0.05, 0.1) is 30.4 Å². The second kappa shape index (κ2) is 10.9. The Morgan fingerprint density at radius 2 is 2.00 bits per heavy atom. The Kier molecular flexibility index (Phi) is 7.25. The monoisotopic (exact) mass is 506 g/mol. The maximum atomic E-state index is 12.6. The lowest BCUT2D eigenvalue weighted by Crippen LogP contribution is -2.25. The first-order chi connectivity index (χ1) is 18.0. The largest absolute Gasteiger partial charge is 0.486 e. The van der Waals surface area contributed by atoms with Gasteiger partial charge in [0.15, 0.2) is 11.5 Å². The number of ether oxygens (including phenoxy) is 4. The molecule has 0 aliphatic carbocycles. The average molecular weight is 507 g/mol. The van der Waals surface area contributed by atoms with Crippen LogP contribution in [0.3, 0.4) is 0 Å². The first-order valence-corrected chi connectivity index (χ1v) is 12.4. The minimum absolute atomic E-state index is 0.0494. The number of aromatic nitrogens is 2. The van der Waals surface area contributed by atoms with E-state index < -0.39 is 6.09 Å². The van der Waals surface area contributed by atoms with E-state index >= 15 is 0 Å². The summed E-state index contributed by atoms with van der Waals surface area (Å²) in [6.07, 6.45) is 4.16. The summed E-state index contributed by atoms with van der Waals surface area (Å²) in [7, 11) is 1.58. The molecule has 0 saturated carbocycles. The summed E-state index contributed by atoms with van der Waals surface area (Å²) in [5.74, 6) is 1.53. The van der Waals surface area contributed by atoms with Crippen LogP contribution in [0.25, 0.3) is 11.0 Å². The minimum atomic E-state index is -0.392. The molecule has 1 saturated heterocycles. The van der Waals surface area contributed by atoms with E-state index in [4.69, 9.17) is 24.7 Å². The maximum absolute atomic E-state index is 12.6. The molecule has 2 amide bonds. The van der Waals surface area contributed by atoms with Crippen LogP contribution in [0.1, 0.15) is 31.2 Å². The van der Waals surface area contributed by atoms with E-state index in [0.29, 0.717) is 62.1 Å². The smallest absolute Gasteiger partial charge is 0.414 e. The summed E-state index contributed by atoms with van der Waals surface area (Å²) in [4.78, 5) is 34.9. The summed E-state index contributed by atoms with van der Waals surface area (Å²) < 4.78 is 22.1. The molecule has 194 valence electrons. The maximum Gasteiger partial charge on any atom is 0.414 e. The molecule has 0 radical (unpaired) electrons. The van der Waals surface area contributed by atoms with Crippen LogP contribution in [0.5, 0.6) is 17.4 Å². The van der Waals surface area contributed by atoms with E-state index in [1.54, 1.807) is 36.4 Å². The Morgan fingerprint density at radius 3 is 2.81 bits per heavy atom. The summed E-state index contributed by atoms with van der Waals surface area (Å²) in [5, 5.41) is 0. The number of carbonyl (C=O) groups excluding carboxylic acids is 2. The lowest BCUT2D eigenvalue weighted by atomic mass is 9.90. The third-order valence-electron chi connectivity index (χ3n) is 6.77. The van der Waals surface area contributed by atoms with Crippen LogP contribution in [0.2, 0.25) is 0 Å². The molecule has 3 aromatic rings. The van der Waals surface area contributed by atoms with Crippen LogP contribution >= 0.6 is 0 Å². The van der Waals surface area contributed by atoms with Crippen molar-refractivity contribution in [2.45, 2.75) is 38.2 Å². The number of rotatable bonds is 10. The van der Waals surface area contributed by atoms with Crippen molar-refractivity contribution in [3.05, 3.63) is 48.2 Å². The Hall–Kier alpha value is -4.08. The standard InChI is InChI=1S/C27H30N4O6/c1-34-25-9-7-21-26(30-25)18(10-11-29-21)4-2-17(14-24(28)32)3-6-20-16-31(27(33)37-20)19-5-8-22-23(15-19)36-13-12-35-22/h5,7-11,15,17,20H,2-4,6,12-14,16H2,1H3,(H2,28,32)/t17-,20+/m1/s1. The van der Waals surface area contributed by atoms with E-state index in [1.807, 2.05) is 18.2 Å². The lowest BCUT2D eigenvalue weighted by molar-refractivity contribution is -0.119. The normalized spacial score (nSPS) is 17.5. The minimum Gasteiger partial charge on any atom is -0.486 e. The van der Waals surface area contributed by atoms with Gasteiger partial charge in [-0.15, -0.1) is 0 Å². The summed E-state index contributed by atoms with van der Waals surface area (Å²) in [6.45, 7) is 1.42. The number of pyridine rings is 2. The van der Waals surface area contributed by atoms with Gasteiger partial charge in [0.1, 0.15) is 19.3 Å². The molecule has 2 aromatic heterocycles. The van der Waals surface area contributed by atoms with E-state index in [-0.39, 0.29) is 24.3 Å². The van der Waals surface area contributed by atoms with Gasteiger partial charge in [-0.3, -0.25) is 14.7 Å². The van der Waals surface area contributed by atoms with Crippen molar-refractivity contribution in [3.63, 3.8) is 0 Å². The fourth-order valence-electron chi connectivity index (χ4n) is 4.87. The Balaban J connectivity index is 1.21. The zero-order chi connectivity index (χ0) is 25.8. The molecule has 2 atom stereocenters. The summed E-state index contributed by atoms with van der Waals surface area (Å²) in [5.41, 5.74) is 8.89. The molecule has 0 bridgehead atoms. The zero-order valence-electron chi connectivity index (χ0n) is 20.7. The predicted molar refractivity (Wildman–Crippen MR) is 136 cm³/mol. The molecule has 5 rings (SSSR count). The molecule has 10 nitrogen and oxygen atoms in total. The van der Waals surface area contributed by atoms with Gasteiger partial charge < -0.3 is 24.7 Å². The van der Waals surface area contributed by atoms with Crippen molar-refractivity contribution < 1.29 is 28.5 Å². The van der Waals surface area contributed by atoms with Crippen molar-refractivity contribution in [3.8, 4) is 17.4 Å². The Bertz CT molecular complexity index is 1300. The van der Waals surface area contributed by atoms with Crippen LogP contribution < -0.4 is 24.8 Å². The van der Waals surface area contributed by atoms with Crippen LogP contribution in [0, 0.1) is 5.92 Å². The van der Waals surface area contributed by atoms with Crippen molar-refractivity contribution in [2.75, 3.05) is 31.8 Å². The van der Waals surface area contributed by atoms with Gasteiger partial charge in [-0.2, -0.15) is 0 Å². The van der Waals surface area contributed by atoms with Crippen molar-refractivity contribution in [1.82, 2.24) is 9.97 Å². The van der Waals surface area contributed by atoms with E-state index in [0.717, 1.165) is 23.0 Å². The zero-order valence-corrected chi connectivity index (χ0v) is 20.7. The van der Waals surface area contributed by atoms with Crippen LogP contribution in [-0.2, 0) is 16.0 Å². The van der Waals surface area contributed by atoms with Gasteiger partial charge in [0, 0.05) is 24.8 Å². The van der Waals surface area contributed by atoms with Gasteiger partial charge in [-0.25, -0.2) is 9.78 Å². The third-order valence-corrected chi connectivity index (χ3v) is 6.77. The number of nitrogens with zero attached hydrogens (tertiary/aromatic N) is 3. The second-order valence-corrected chi connectivity index (χ2v) is 9.29. The molecular formula is C27H30N4O6. The quantitative estimate of drug-likeness (QED) is 0.442. The number of anilines is 1. The molecule has 2 aliphatic rings. The molecule has 0 spiro atoms. The molecule has 10 heteroatoms. The van der Waals surface area contributed by atoms with Gasteiger partial charge in [0.25, 0.3) is 0 Å². The fourth-order valence-corrected chi connectivity index (χ4v) is 4.87. The highest BCUT2D eigenvalue weighted by molar-refractivity contribution is 5.90. The Labute approximate surface area is 214 Å². The second-order valence-electron chi connectivity index (χ2n) is 9.29. The number of hydrogen-bond acceptors (Lipinski definition) is 8. The van der Waals surface area contributed by atoms with Crippen molar-refractivity contribution in [1.29, 1.82) is 0 Å². The molecule has 4 heterocycles. The van der Waals surface area contributed by atoms with Crippen LogP contribution in [0.4, 0.5) is 10.5 Å². The number of nitrogens with two attached hydrogens (primary N) is 1. The molecule has 1 aromatic carbocycles.